The number of hydrogen-bond acceptors (Lipinski definition) is 2. The molecule has 2 unspecified atom stereocenters. The van der Waals surface area contributed by atoms with E-state index in [1.165, 1.54) is 25.8 Å². The van der Waals surface area contributed by atoms with E-state index in [0.29, 0.717) is 11.5 Å². The van der Waals surface area contributed by atoms with Gasteiger partial charge < -0.3 is 5.32 Å². The van der Waals surface area contributed by atoms with Crippen molar-refractivity contribution in [3.05, 3.63) is 0 Å². The molecule has 1 aliphatic heterocycles. The molecule has 2 heteroatoms. The van der Waals surface area contributed by atoms with E-state index in [9.17, 15) is 0 Å². The molecule has 2 atom stereocenters. The van der Waals surface area contributed by atoms with Gasteiger partial charge in [0.2, 0.25) is 0 Å². The molecule has 0 aromatic carbocycles. The van der Waals surface area contributed by atoms with Crippen molar-refractivity contribution >= 4 is 0 Å². The first kappa shape index (κ1) is 15.0. The normalized spacial score (nSPS) is 27.0. The third-order valence-electron chi connectivity index (χ3n) is 4.02. The van der Waals surface area contributed by atoms with Crippen LogP contribution in [0.25, 0.3) is 0 Å². The molecule has 0 aromatic heterocycles. The zero-order valence-electron chi connectivity index (χ0n) is 12.7. The Labute approximate surface area is 108 Å². The van der Waals surface area contributed by atoms with Crippen LogP contribution in [0.4, 0.5) is 0 Å². The maximum Gasteiger partial charge on any atom is 0.00962 e. The van der Waals surface area contributed by atoms with E-state index < -0.39 is 0 Å². The zero-order chi connectivity index (χ0) is 13.1. The number of rotatable bonds is 6. The fourth-order valence-electron chi connectivity index (χ4n) is 2.88. The van der Waals surface area contributed by atoms with Gasteiger partial charge in [-0.3, -0.25) is 4.90 Å². The van der Waals surface area contributed by atoms with Crippen LogP contribution in [0.3, 0.4) is 0 Å². The Balaban J connectivity index is 2.50. The summed E-state index contributed by atoms with van der Waals surface area (Å²) in [6.07, 6.45) is 4.08. The van der Waals surface area contributed by atoms with E-state index in [1.54, 1.807) is 0 Å². The maximum atomic E-state index is 3.58. The lowest BCUT2D eigenvalue weighted by Crippen LogP contribution is -2.45. The van der Waals surface area contributed by atoms with E-state index in [1.807, 2.05) is 0 Å². The van der Waals surface area contributed by atoms with Crippen molar-refractivity contribution in [2.24, 2.45) is 5.41 Å². The van der Waals surface area contributed by atoms with Crippen LogP contribution in [-0.4, -0.2) is 36.1 Å². The van der Waals surface area contributed by atoms with Gasteiger partial charge in [-0.15, -0.1) is 0 Å². The van der Waals surface area contributed by atoms with Gasteiger partial charge in [0.25, 0.3) is 0 Å². The van der Waals surface area contributed by atoms with Crippen LogP contribution in [0.15, 0.2) is 0 Å². The summed E-state index contributed by atoms with van der Waals surface area (Å²) in [6, 6.07) is 2.19. The standard InChI is InChI=1S/C15H32N2/c1-7-14-9-8-13(4)17(14)11-15(5,6)10-16-12(2)3/h12-14,16H,7-11H2,1-6H3. The molecule has 2 nitrogen and oxygen atoms in total. The summed E-state index contributed by atoms with van der Waals surface area (Å²) in [5, 5.41) is 3.58. The third-order valence-corrected chi connectivity index (χ3v) is 4.02. The summed E-state index contributed by atoms with van der Waals surface area (Å²) in [5.41, 5.74) is 0.371. The molecule has 0 bridgehead atoms. The molecule has 0 spiro atoms. The molecule has 17 heavy (non-hydrogen) atoms. The molecule has 1 N–H and O–H groups in total. The van der Waals surface area contributed by atoms with Gasteiger partial charge in [0.1, 0.15) is 0 Å². The summed E-state index contributed by atoms with van der Waals surface area (Å²) < 4.78 is 0. The first-order valence-corrected chi connectivity index (χ1v) is 7.35. The van der Waals surface area contributed by atoms with Crippen LogP contribution < -0.4 is 5.32 Å². The summed E-state index contributed by atoms with van der Waals surface area (Å²) in [7, 11) is 0. The van der Waals surface area contributed by atoms with Gasteiger partial charge in [-0.2, -0.15) is 0 Å². The molecule has 1 saturated heterocycles. The highest BCUT2D eigenvalue weighted by atomic mass is 15.2. The molecule has 0 aliphatic carbocycles. The highest BCUT2D eigenvalue weighted by Crippen LogP contribution is 2.29. The third kappa shape index (κ3) is 4.59. The van der Waals surface area contributed by atoms with Crippen LogP contribution in [0.1, 0.15) is 60.8 Å². The van der Waals surface area contributed by atoms with Gasteiger partial charge in [0.05, 0.1) is 0 Å². The molecule has 0 aromatic rings. The lowest BCUT2D eigenvalue weighted by atomic mass is 9.91. The maximum absolute atomic E-state index is 3.58. The molecule has 1 fully saturated rings. The molecule has 102 valence electrons. The Morgan fingerprint density at radius 2 is 1.94 bits per heavy atom. The minimum Gasteiger partial charge on any atom is -0.314 e. The van der Waals surface area contributed by atoms with Crippen LogP contribution in [0.5, 0.6) is 0 Å². The van der Waals surface area contributed by atoms with Crippen LogP contribution in [-0.2, 0) is 0 Å². The summed E-state index contributed by atoms with van der Waals surface area (Å²) >= 11 is 0. The summed E-state index contributed by atoms with van der Waals surface area (Å²) in [4.78, 5) is 2.74. The Morgan fingerprint density at radius 1 is 1.29 bits per heavy atom. The molecule has 1 heterocycles. The van der Waals surface area contributed by atoms with Gasteiger partial charge in [-0.25, -0.2) is 0 Å². The van der Waals surface area contributed by atoms with Crippen molar-refractivity contribution in [1.29, 1.82) is 0 Å². The molecule has 1 aliphatic rings. The Morgan fingerprint density at radius 3 is 2.47 bits per heavy atom. The average molecular weight is 240 g/mol. The first-order chi connectivity index (χ1) is 7.85. The lowest BCUT2D eigenvalue weighted by molar-refractivity contribution is 0.125. The van der Waals surface area contributed by atoms with Gasteiger partial charge in [-0.1, -0.05) is 34.6 Å². The van der Waals surface area contributed by atoms with Gasteiger partial charge >= 0.3 is 0 Å². The van der Waals surface area contributed by atoms with Crippen LogP contribution in [0, 0.1) is 5.41 Å². The number of nitrogens with zero attached hydrogens (tertiary/aromatic N) is 1. The van der Waals surface area contributed by atoms with Gasteiger partial charge in [-0.05, 0) is 31.6 Å². The minimum absolute atomic E-state index is 0.371. The highest BCUT2D eigenvalue weighted by Gasteiger charge is 2.33. The largest absolute Gasteiger partial charge is 0.314 e. The van der Waals surface area contributed by atoms with Gasteiger partial charge in [0, 0.05) is 31.2 Å². The predicted octanol–water partition coefficient (Wildman–Crippen LogP) is 3.27. The smallest absolute Gasteiger partial charge is 0.00962 e. The van der Waals surface area contributed by atoms with E-state index in [0.717, 1.165) is 18.6 Å². The van der Waals surface area contributed by atoms with Gasteiger partial charge in [0.15, 0.2) is 0 Å². The minimum atomic E-state index is 0.371. The average Bonchev–Trinajstić information content (AvgIpc) is 2.57. The summed E-state index contributed by atoms with van der Waals surface area (Å²) in [6.45, 7) is 16.3. The molecule has 1 rings (SSSR count). The highest BCUT2D eigenvalue weighted by molar-refractivity contribution is 4.88. The molecular formula is C15H32N2. The predicted molar refractivity (Wildman–Crippen MR) is 76.4 cm³/mol. The number of likely N-dealkylation sites (tertiary alicyclic amines) is 1. The molecular weight excluding hydrogens is 208 g/mol. The zero-order valence-corrected chi connectivity index (χ0v) is 12.7. The molecule has 0 amide bonds. The van der Waals surface area contributed by atoms with Crippen molar-refractivity contribution in [3.8, 4) is 0 Å². The fraction of sp³-hybridized carbons (Fsp3) is 1.00. The number of nitrogens with one attached hydrogen (secondary N) is 1. The van der Waals surface area contributed by atoms with Crippen molar-refractivity contribution in [1.82, 2.24) is 10.2 Å². The summed E-state index contributed by atoms with van der Waals surface area (Å²) in [5.74, 6) is 0. The van der Waals surface area contributed by atoms with E-state index in [4.69, 9.17) is 0 Å². The molecule has 0 saturated carbocycles. The second kappa shape index (κ2) is 6.19. The second-order valence-electron chi connectivity index (χ2n) is 6.86. The Hall–Kier alpha value is -0.0800. The van der Waals surface area contributed by atoms with E-state index in [-0.39, 0.29) is 0 Å². The topological polar surface area (TPSA) is 15.3 Å². The van der Waals surface area contributed by atoms with E-state index in [2.05, 4.69) is 51.8 Å². The van der Waals surface area contributed by atoms with Crippen molar-refractivity contribution < 1.29 is 0 Å². The van der Waals surface area contributed by atoms with E-state index >= 15 is 0 Å². The van der Waals surface area contributed by atoms with Crippen molar-refractivity contribution in [2.45, 2.75) is 78.9 Å². The fourth-order valence-corrected chi connectivity index (χ4v) is 2.88. The van der Waals surface area contributed by atoms with Crippen LogP contribution >= 0.6 is 0 Å². The lowest BCUT2D eigenvalue weighted by Gasteiger charge is -2.36. The number of hydrogen-bond donors (Lipinski definition) is 1. The quantitative estimate of drug-likeness (QED) is 0.766. The SMILES string of the molecule is CCC1CCC(C)N1CC(C)(C)CNC(C)C. The first-order valence-electron chi connectivity index (χ1n) is 7.35. The molecule has 0 radical (unpaired) electrons. The van der Waals surface area contributed by atoms with Crippen molar-refractivity contribution in [2.75, 3.05) is 13.1 Å². The second-order valence-corrected chi connectivity index (χ2v) is 6.86. The Kier molecular flexibility index (Phi) is 5.46. The Bertz CT molecular complexity index is 223. The van der Waals surface area contributed by atoms with Crippen molar-refractivity contribution in [3.63, 3.8) is 0 Å². The monoisotopic (exact) mass is 240 g/mol. The van der Waals surface area contributed by atoms with Crippen LogP contribution in [0.2, 0.25) is 0 Å².